The second kappa shape index (κ2) is 15.8. The monoisotopic (exact) mass is 764 g/mol. The summed E-state index contributed by atoms with van der Waals surface area (Å²) < 4.78 is 47.8. The Labute approximate surface area is 311 Å². The number of fused-ring (bicyclic) bond motifs is 2. The largest absolute Gasteiger partial charge is 0.575 e. The number of hydrogen-bond donors (Lipinski definition) is 3. The summed E-state index contributed by atoms with van der Waals surface area (Å²) in [4.78, 5) is 39.0. The normalized spacial score (nSPS) is 20.9. The first-order chi connectivity index (χ1) is 25.6. The van der Waals surface area contributed by atoms with E-state index in [9.17, 15) is 24.3 Å². The Hall–Kier alpha value is -4.99. The van der Waals surface area contributed by atoms with Crippen LogP contribution in [0.2, 0.25) is 0 Å². The minimum atomic E-state index is -2.76. The number of carbonyl (C=O) groups is 1. The average molecular weight is 765 g/mol. The third-order valence-electron chi connectivity index (χ3n) is 8.63. The third-order valence-corrected chi connectivity index (χ3v) is 9.50. The van der Waals surface area contributed by atoms with Crippen molar-refractivity contribution < 1.29 is 47.8 Å². The average Bonchev–Trinajstić information content (AvgIpc) is 3.65. The van der Waals surface area contributed by atoms with Gasteiger partial charge in [-0.25, -0.2) is 14.2 Å². The molecule has 0 aliphatic carbocycles. The van der Waals surface area contributed by atoms with Crippen molar-refractivity contribution in [1.82, 2.24) is 19.5 Å². The number of halogens is 1. The van der Waals surface area contributed by atoms with Crippen molar-refractivity contribution in [2.75, 3.05) is 25.6 Å². The van der Waals surface area contributed by atoms with Gasteiger partial charge >= 0.3 is 14.1 Å². The highest BCUT2D eigenvalue weighted by Gasteiger charge is 2.54. The van der Waals surface area contributed by atoms with E-state index >= 15 is 0 Å². The molecule has 5 aromatic rings. The maximum absolute atomic E-state index is 13.4. The van der Waals surface area contributed by atoms with Crippen LogP contribution in [-0.4, -0.2) is 79.9 Å². The molecule has 0 spiro atoms. The number of rotatable bonds is 13. The van der Waals surface area contributed by atoms with Crippen LogP contribution in [0, 0.1) is 11.2 Å². The van der Waals surface area contributed by atoms with Crippen molar-refractivity contribution in [2.45, 2.75) is 71.2 Å². The molecule has 0 saturated carbocycles. The van der Waals surface area contributed by atoms with Crippen LogP contribution in [0.5, 0.6) is 17.4 Å². The summed E-state index contributed by atoms with van der Waals surface area (Å²) in [6.45, 7) is 8.85. The number of benzene rings is 3. The number of aliphatic hydroxyl groups is 2. The fraction of sp³-hybridized carbons (Fsp3) is 0.405. The van der Waals surface area contributed by atoms with Crippen LogP contribution < -0.4 is 24.2 Å². The first-order valence-corrected chi connectivity index (χ1v) is 18.3. The van der Waals surface area contributed by atoms with E-state index in [1.54, 1.807) is 36.4 Å². The molecule has 286 valence electrons. The Kier molecular flexibility index (Phi) is 11.3. The van der Waals surface area contributed by atoms with Crippen LogP contribution in [-0.2, 0) is 20.8 Å². The van der Waals surface area contributed by atoms with Crippen molar-refractivity contribution in [1.29, 1.82) is 0 Å². The SMILES string of the molecule is COc1nc(NCc2ccc(F)cc2)nc2c1ncn2[C@@H]1O[C@H](COc2ccc3ccccc3c2O/[P+]([O-])=N/[C@@H](C)C(=O)OCC(C)(C)C)[C@@H](O)[C@@]1(C)O. The van der Waals surface area contributed by atoms with Crippen molar-refractivity contribution in [3.63, 3.8) is 0 Å². The van der Waals surface area contributed by atoms with Crippen LogP contribution >= 0.6 is 8.17 Å². The van der Waals surface area contributed by atoms with Crippen molar-refractivity contribution in [3.8, 4) is 17.4 Å². The molecular weight excluding hydrogens is 722 g/mol. The quantitative estimate of drug-likeness (QED) is 0.107. The van der Waals surface area contributed by atoms with Crippen molar-refractivity contribution in [2.24, 2.45) is 10.2 Å². The summed E-state index contributed by atoms with van der Waals surface area (Å²) in [5.41, 5.74) is -0.794. The van der Waals surface area contributed by atoms with Crippen LogP contribution in [0.15, 0.2) is 71.7 Å². The van der Waals surface area contributed by atoms with Gasteiger partial charge in [0.1, 0.15) is 30.2 Å². The molecule has 3 aromatic carbocycles. The zero-order chi connectivity index (χ0) is 38.8. The molecule has 1 fully saturated rings. The Bertz CT molecular complexity index is 2160. The van der Waals surface area contributed by atoms with E-state index in [1.165, 1.54) is 44.0 Å². The first-order valence-electron chi connectivity index (χ1n) is 17.1. The number of methoxy groups -OCH3 is 1. The summed E-state index contributed by atoms with van der Waals surface area (Å²) in [5, 5.41) is 27.4. The second-order valence-corrected chi connectivity index (χ2v) is 15.2. The van der Waals surface area contributed by atoms with Gasteiger partial charge in [0.05, 0.1) is 20.0 Å². The number of aliphatic hydroxyl groups excluding tert-OH is 1. The van der Waals surface area contributed by atoms with Gasteiger partial charge in [-0.2, -0.15) is 9.97 Å². The molecule has 2 aromatic heterocycles. The van der Waals surface area contributed by atoms with Crippen molar-refractivity contribution in [3.05, 3.63) is 78.4 Å². The first kappa shape index (κ1) is 38.7. The number of nitrogens with one attached hydrogen (secondary N) is 1. The molecule has 1 aliphatic rings. The van der Waals surface area contributed by atoms with Gasteiger partial charge in [0.2, 0.25) is 17.6 Å². The molecule has 1 unspecified atom stereocenters. The van der Waals surface area contributed by atoms with Crippen LogP contribution in [0.3, 0.4) is 0 Å². The Morgan fingerprint density at radius 2 is 1.91 bits per heavy atom. The minimum absolute atomic E-state index is 0.106. The van der Waals surface area contributed by atoms with Gasteiger partial charge in [0, 0.05) is 11.9 Å². The second-order valence-electron chi connectivity index (χ2n) is 14.3. The zero-order valence-electron chi connectivity index (χ0n) is 30.6. The smallest absolute Gasteiger partial charge is 0.395 e. The Morgan fingerprint density at radius 1 is 1.17 bits per heavy atom. The summed E-state index contributed by atoms with van der Waals surface area (Å²) in [5.74, 6) is -0.386. The number of carbonyl (C=O) groups excluding carboxylic acids is 1. The van der Waals surface area contributed by atoms with Crippen molar-refractivity contribution >= 4 is 42.0 Å². The molecular formula is C37H42FN6O9P. The van der Waals surface area contributed by atoms with Gasteiger partial charge in [-0.3, -0.25) is 9.09 Å². The topological polar surface area (TPSA) is 195 Å². The van der Waals surface area contributed by atoms with Gasteiger partial charge in [0.15, 0.2) is 29.2 Å². The lowest BCUT2D eigenvalue weighted by molar-refractivity contribution is -0.169. The Morgan fingerprint density at radius 3 is 2.63 bits per heavy atom. The highest BCUT2D eigenvalue weighted by atomic mass is 31.1. The number of nitrogens with zero attached hydrogens (tertiary/aromatic N) is 5. The molecule has 0 bridgehead atoms. The number of aromatic nitrogens is 4. The molecule has 1 saturated heterocycles. The van der Waals surface area contributed by atoms with Crippen LogP contribution in [0.25, 0.3) is 21.9 Å². The minimum Gasteiger partial charge on any atom is -0.575 e. The highest BCUT2D eigenvalue weighted by molar-refractivity contribution is 7.34. The van der Waals surface area contributed by atoms with Gasteiger partial charge < -0.3 is 39.4 Å². The molecule has 0 amide bonds. The van der Waals surface area contributed by atoms with E-state index < -0.39 is 44.2 Å². The molecule has 3 heterocycles. The molecule has 54 heavy (non-hydrogen) atoms. The van der Waals surface area contributed by atoms with E-state index in [0.29, 0.717) is 5.39 Å². The Balaban J connectivity index is 1.22. The molecule has 17 heteroatoms. The van der Waals surface area contributed by atoms with E-state index in [-0.39, 0.29) is 65.5 Å². The summed E-state index contributed by atoms with van der Waals surface area (Å²) in [6.07, 6.45) is -2.31. The molecule has 3 N–H and O–H groups in total. The zero-order valence-corrected chi connectivity index (χ0v) is 31.5. The molecule has 15 nitrogen and oxygen atoms in total. The van der Waals surface area contributed by atoms with Gasteiger partial charge in [-0.15, -0.1) is 0 Å². The number of anilines is 1. The highest BCUT2D eigenvalue weighted by Crippen LogP contribution is 2.43. The van der Waals surface area contributed by atoms with Gasteiger partial charge in [0.25, 0.3) is 0 Å². The number of ether oxygens (including phenoxy) is 4. The molecule has 6 atom stereocenters. The summed E-state index contributed by atoms with van der Waals surface area (Å²) in [6, 6.07) is 15.5. The van der Waals surface area contributed by atoms with Gasteiger partial charge in [-0.1, -0.05) is 68.0 Å². The third kappa shape index (κ3) is 8.53. The predicted octanol–water partition coefficient (Wildman–Crippen LogP) is 5.04. The number of hydrogen-bond acceptors (Lipinski definition) is 14. The van der Waals surface area contributed by atoms with E-state index in [4.69, 9.17) is 23.5 Å². The van der Waals surface area contributed by atoms with Crippen LogP contribution in [0.1, 0.15) is 46.4 Å². The molecule has 0 radical (unpaired) electrons. The predicted molar refractivity (Wildman–Crippen MR) is 195 cm³/mol. The fourth-order valence-corrected chi connectivity index (χ4v) is 6.51. The summed E-state index contributed by atoms with van der Waals surface area (Å²) in [7, 11) is -1.32. The number of imidazole rings is 1. The maximum atomic E-state index is 13.4. The molecule has 1 aliphatic heterocycles. The lowest BCUT2D eigenvalue weighted by Crippen LogP contribution is -2.44. The van der Waals surface area contributed by atoms with E-state index in [2.05, 4.69) is 25.0 Å². The lowest BCUT2D eigenvalue weighted by Gasteiger charge is -2.27. The number of esters is 1. The van der Waals surface area contributed by atoms with E-state index in [1.807, 2.05) is 32.9 Å². The summed E-state index contributed by atoms with van der Waals surface area (Å²) >= 11 is 0. The maximum Gasteiger partial charge on any atom is 0.395 e. The molecule has 6 rings (SSSR count). The lowest BCUT2D eigenvalue weighted by atomic mass is 9.96. The standard InChI is InChI=1S/C37H42FN6O9P/c1-21(33(46)51-19-36(2,3)4)43-54(48)53-29-25-10-8-7-9-23(25)13-16-26(29)50-18-27-30(45)37(5,47)34(52-27)44-20-40-28-31(44)41-35(42-32(28)49-6)39-17-22-11-14-24(38)15-12-22/h7-16,20-21,27,30,34,45,47H,17-19H2,1-6H3,(H,39,41,42)/t21-,27+,30+,34+,37+/m0/s1. The van der Waals surface area contributed by atoms with Gasteiger partial charge in [-0.05, 0) is 48.4 Å². The fourth-order valence-electron chi connectivity index (χ4n) is 5.75. The van der Waals surface area contributed by atoms with E-state index in [0.717, 1.165) is 10.9 Å². The van der Waals surface area contributed by atoms with Crippen LogP contribution in [0.4, 0.5) is 10.3 Å².